The fourth-order valence-corrected chi connectivity index (χ4v) is 2.35. The highest BCUT2D eigenvalue weighted by molar-refractivity contribution is 6.17. The number of nitrogens with zero attached hydrogens (tertiary/aromatic N) is 1. The van der Waals surface area contributed by atoms with E-state index in [1.54, 1.807) is 0 Å². The van der Waals surface area contributed by atoms with E-state index in [9.17, 15) is 0 Å². The minimum atomic E-state index is 0.788. The van der Waals surface area contributed by atoms with E-state index < -0.39 is 0 Å². The van der Waals surface area contributed by atoms with Crippen LogP contribution in [0, 0.1) is 11.8 Å². The van der Waals surface area contributed by atoms with Crippen LogP contribution in [0.5, 0.6) is 0 Å². The Bertz CT molecular complexity index is 145. The molecule has 1 aliphatic rings. The third-order valence-electron chi connectivity index (χ3n) is 3.40. The van der Waals surface area contributed by atoms with Gasteiger partial charge >= 0.3 is 0 Å². The van der Waals surface area contributed by atoms with E-state index >= 15 is 0 Å². The maximum absolute atomic E-state index is 5.71. The topological polar surface area (TPSA) is 3.24 Å². The summed E-state index contributed by atoms with van der Waals surface area (Å²) in [6.07, 6.45) is 6.85. The highest BCUT2D eigenvalue weighted by Gasteiger charge is 2.18. The molecular formula is C12H24ClN. The molecule has 1 saturated carbocycles. The fraction of sp³-hybridized carbons (Fsp3) is 1.00. The van der Waals surface area contributed by atoms with Gasteiger partial charge in [0, 0.05) is 12.4 Å². The third kappa shape index (κ3) is 4.65. The summed E-state index contributed by atoms with van der Waals surface area (Å²) in [5.74, 6) is 2.60. The van der Waals surface area contributed by atoms with Crippen LogP contribution in [-0.2, 0) is 0 Å². The van der Waals surface area contributed by atoms with Crippen molar-refractivity contribution >= 4 is 11.6 Å². The second-order valence-electron chi connectivity index (χ2n) is 4.93. The maximum Gasteiger partial charge on any atom is 0.0225 e. The summed E-state index contributed by atoms with van der Waals surface area (Å²) in [6.45, 7) is 4.86. The molecule has 0 amide bonds. The quantitative estimate of drug-likeness (QED) is 0.591. The molecule has 0 aromatic heterocycles. The van der Waals surface area contributed by atoms with Crippen LogP contribution >= 0.6 is 11.6 Å². The lowest BCUT2D eigenvalue weighted by Gasteiger charge is -2.30. The van der Waals surface area contributed by atoms with Crippen molar-refractivity contribution < 1.29 is 0 Å². The molecule has 2 heteroatoms. The minimum absolute atomic E-state index is 0.788. The summed E-state index contributed by atoms with van der Waals surface area (Å²) in [5, 5.41) is 0. The van der Waals surface area contributed by atoms with E-state index in [1.807, 2.05) is 0 Å². The molecule has 84 valence electrons. The lowest BCUT2D eigenvalue weighted by Crippen LogP contribution is -2.30. The van der Waals surface area contributed by atoms with Gasteiger partial charge in [0.1, 0.15) is 0 Å². The van der Waals surface area contributed by atoms with Crippen molar-refractivity contribution in [2.45, 2.75) is 39.0 Å². The van der Waals surface area contributed by atoms with Crippen molar-refractivity contribution in [3.63, 3.8) is 0 Å². The summed E-state index contributed by atoms with van der Waals surface area (Å²) in [7, 11) is 2.26. The van der Waals surface area contributed by atoms with Gasteiger partial charge in [-0.3, -0.25) is 0 Å². The molecule has 1 nitrogen and oxygen atoms in total. The second kappa shape index (κ2) is 6.68. The zero-order valence-corrected chi connectivity index (χ0v) is 10.4. The van der Waals surface area contributed by atoms with Crippen molar-refractivity contribution in [3.05, 3.63) is 0 Å². The Morgan fingerprint density at radius 3 is 2.57 bits per heavy atom. The number of hydrogen-bond acceptors (Lipinski definition) is 1. The van der Waals surface area contributed by atoms with Gasteiger partial charge in [0.2, 0.25) is 0 Å². The molecule has 1 rings (SSSR count). The summed E-state index contributed by atoms with van der Waals surface area (Å²) in [4.78, 5) is 2.49. The molecule has 14 heavy (non-hydrogen) atoms. The first-order valence-corrected chi connectivity index (χ1v) is 6.50. The molecule has 0 aliphatic heterocycles. The second-order valence-corrected chi connectivity index (χ2v) is 5.31. The van der Waals surface area contributed by atoms with Crippen LogP contribution in [0.2, 0.25) is 0 Å². The third-order valence-corrected chi connectivity index (χ3v) is 3.62. The van der Waals surface area contributed by atoms with E-state index in [0.717, 1.165) is 17.7 Å². The predicted molar refractivity (Wildman–Crippen MR) is 64.0 cm³/mol. The minimum Gasteiger partial charge on any atom is -0.306 e. The van der Waals surface area contributed by atoms with Gasteiger partial charge in [0.15, 0.2) is 0 Å². The Hall–Kier alpha value is 0.250. The van der Waals surface area contributed by atoms with Gasteiger partial charge in [0.25, 0.3) is 0 Å². The average molecular weight is 218 g/mol. The van der Waals surface area contributed by atoms with Crippen LogP contribution < -0.4 is 0 Å². The molecule has 0 spiro atoms. The molecule has 0 aromatic rings. The Morgan fingerprint density at radius 2 is 2.07 bits per heavy atom. The van der Waals surface area contributed by atoms with Gasteiger partial charge in [-0.25, -0.2) is 0 Å². The summed E-state index contributed by atoms with van der Waals surface area (Å²) < 4.78 is 0. The molecule has 0 bridgehead atoms. The van der Waals surface area contributed by atoms with Gasteiger partial charge in [-0.15, -0.1) is 11.6 Å². The van der Waals surface area contributed by atoms with Gasteiger partial charge in [-0.1, -0.05) is 13.3 Å². The molecule has 0 aromatic carbocycles. The van der Waals surface area contributed by atoms with Crippen molar-refractivity contribution in [1.82, 2.24) is 4.90 Å². The van der Waals surface area contributed by atoms with Crippen molar-refractivity contribution in [1.29, 1.82) is 0 Å². The molecule has 1 aliphatic carbocycles. The Balaban J connectivity index is 1.98. The normalized spacial score (nSPS) is 19.7. The van der Waals surface area contributed by atoms with Crippen LogP contribution in [-0.4, -0.2) is 30.9 Å². The van der Waals surface area contributed by atoms with E-state index in [-0.39, 0.29) is 0 Å². The molecule has 0 N–H and O–H groups in total. The number of halogens is 1. The smallest absolute Gasteiger partial charge is 0.0225 e. The molecule has 1 unspecified atom stereocenters. The van der Waals surface area contributed by atoms with Crippen LogP contribution in [0.1, 0.15) is 39.0 Å². The zero-order chi connectivity index (χ0) is 10.4. The molecule has 0 saturated heterocycles. The van der Waals surface area contributed by atoms with Gasteiger partial charge < -0.3 is 4.90 Å². The van der Waals surface area contributed by atoms with Crippen LogP contribution in [0.3, 0.4) is 0 Å². The molecule has 0 radical (unpaired) electrons. The van der Waals surface area contributed by atoms with E-state index in [0.29, 0.717) is 0 Å². The summed E-state index contributed by atoms with van der Waals surface area (Å²) in [6, 6.07) is 0. The van der Waals surface area contributed by atoms with Crippen LogP contribution in [0.4, 0.5) is 0 Å². The van der Waals surface area contributed by atoms with E-state index in [4.69, 9.17) is 11.6 Å². The monoisotopic (exact) mass is 217 g/mol. The van der Waals surface area contributed by atoms with Gasteiger partial charge in [-0.05, 0) is 51.1 Å². The Kier molecular flexibility index (Phi) is 5.88. The lowest BCUT2D eigenvalue weighted by molar-refractivity contribution is 0.197. The molecule has 1 atom stereocenters. The zero-order valence-electron chi connectivity index (χ0n) is 9.64. The van der Waals surface area contributed by atoms with Crippen molar-refractivity contribution in [2.75, 3.05) is 26.0 Å². The number of rotatable bonds is 7. The number of hydrogen-bond donors (Lipinski definition) is 0. The van der Waals surface area contributed by atoms with Gasteiger partial charge in [0.05, 0.1) is 0 Å². The molecule has 0 heterocycles. The first-order chi connectivity index (χ1) is 6.72. The van der Waals surface area contributed by atoms with Gasteiger partial charge in [-0.2, -0.15) is 0 Å². The highest BCUT2D eigenvalue weighted by atomic mass is 35.5. The SMILES string of the molecule is CC(CCCl)CCN(C)CC1CCC1. The molecule has 1 fully saturated rings. The Labute approximate surface area is 93.8 Å². The standard InChI is InChI=1S/C12H24ClN/c1-11(6-8-13)7-9-14(2)10-12-4-3-5-12/h11-12H,3-10H2,1-2H3. The Morgan fingerprint density at radius 1 is 1.36 bits per heavy atom. The predicted octanol–water partition coefficient (Wildman–Crippen LogP) is 3.37. The fourth-order valence-electron chi connectivity index (χ4n) is 1.98. The maximum atomic E-state index is 5.71. The van der Waals surface area contributed by atoms with Crippen molar-refractivity contribution in [3.8, 4) is 0 Å². The lowest BCUT2D eigenvalue weighted by atomic mass is 9.85. The highest BCUT2D eigenvalue weighted by Crippen LogP contribution is 2.26. The van der Waals surface area contributed by atoms with Crippen LogP contribution in [0.15, 0.2) is 0 Å². The first kappa shape index (κ1) is 12.3. The van der Waals surface area contributed by atoms with Crippen molar-refractivity contribution in [2.24, 2.45) is 11.8 Å². The first-order valence-electron chi connectivity index (χ1n) is 5.97. The van der Waals surface area contributed by atoms with E-state index in [2.05, 4.69) is 18.9 Å². The summed E-state index contributed by atoms with van der Waals surface area (Å²) in [5.41, 5.74) is 0. The molecular weight excluding hydrogens is 194 g/mol. The van der Waals surface area contributed by atoms with E-state index in [1.165, 1.54) is 45.2 Å². The van der Waals surface area contributed by atoms with Crippen LogP contribution in [0.25, 0.3) is 0 Å². The summed E-state index contributed by atoms with van der Waals surface area (Å²) >= 11 is 5.71. The average Bonchev–Trinajstić information content (AvgIpc) is 2.09. The largest absolute Gasteiger partial charge is 0.306 e. The number of alkyl halides is 1.